The van der Waals surface area contributed by atoms with Crippen LogP contribution in [0.3, 0.4) is 0 Å². The molecule has 3 heteroatoms. The summed E-state index contributed by atoms with van der Waals surface area (Å²) in [6.07, 6.45) is -8.23. The first-order valence-corrected chi connectivity index (χ1v) is 3.68. The molecule has 1 aliphatic carbocycles. The van der Waals surface area contributed by atoms with Crippen molar-refractivity contribution in [3.8, 4) is 0 Å². The molecule has 2 atom stereocenters. The van der Waals surface area contributed by atoms with Gasteiger partial charge in [-0.2, -0.15) is 0 Å². The molecular weight excluding hydrogens is 154 g/mol. The number of hydrogen-bond donors (Lipinski definition) is 2. The van der Waals surface area contributed by atoms with E-state index < -0.39 is 49.2 Å². The summed E-state index contributed by atoms with van der Waals surface area (Å²) in [5.41, 5.74) is -3.35. The van der Waals surface area contributed by atoms with E-state index in [0.29, 0.717) is 0 Å². The lowest BCUT2D eigenvalue weighted by atomic mass is 9.72. The molecule has 1 fully saturated rings. The minimum absolute atomic E-state index is 0.0207. The fourth-order valence-electron chi connectivity index (χ4n) is 1.18. The Kier molecular flexibility index (Phi) is 0.879. The van der Waals surface area contributed by atoms with Crippen molar-refractivity contribution in [2.45, 2.75) is 38.4 Å². The smallest absolute Gasteiger partial charge is 0.303 e. The second kappa shape index (κ2) is 3.90. The van der Waals surface area contributed by atoms with Crippen molar-refractivity contribution in [3.05, 3.63) is 0 Å². The van der Waals surface area contributed by atoms with Crippen molar-refractivity contribution in [2.24, 2.45) is 11.1 Å². The van der Waals surface area contributed by atoms with Crippen molar-refractivity contribution in [1.29, 1.82) is 1.43 Å². The summed E-state index contributed by atoms with van der Waals surface area (Å²) in [6.45, 7) is -3.24. The van der Waals surface area contributed by atoms with Gasteiger partial charge in [0, 0.05) is 9.60 Å². The van der Waals surface area contributed by atoms with Crippen LogP contribution in [-0.4, -0.2) is 17.6 Å². The van der Waals surface area contributed by atoms with Crippen LogP contribution in [0.1, 0.15) is 48.0 Å². The summed E-state index contributed by atoms with van der Waals surface area (Å²) < 4.78 is 76.4. The van der Waals surface area contributed by atoms with E-state index in [1.807, 2.05) is 0 Å². The minimum Gasteiger partial charge on any atom is -0.481 e. The van der Waals surface area contributed by atoms with Gasteiger partial charge in [-0.15, -0.1) is 0 Å². The van der Waals surface area contributed by atoms with Crippen molar-refractivity contribution in [1.82, 2.24) is 0 Å². The van der Waals surface area contributed by atoms with Crippen molar-refractivity contribution < 1.29 is 22.3 Å². The van der Waals surface area contributed by atoms with Crippen LogP contribution >= 0.6 is 0 Å². The third-order valence-corrected chi connectivity index (χ3v) is 1.76. The van der Waals surface area contributed by atoms with Crippen LogP contribution in [0.5, 0.6) is 0 Å². The molecule has 0 saturated heterocycles. The number of carbonyl (C=O) groups is 1. The summed E-state index contributed by atoms with van der Waals surface area (Å²) in [6, 6.07) is 0. The predicted octanol–water partition coefficient (Wildman–Crippen LogP) is 1.37. The maximum Gasteiger partial charge on any atom is 0.303 e. The van der Waals surface area contributed by atoms with Gasteiger partial charge in [0.05, 0.1) is 6.37 Å². The van der Waals surface area contributed by atoms with Crippen LogP contribution in [-0.2, 0) is 4.79 Å². The zero-order valence-electron chi connectivity index (χ0n) is 16.5. The standard InChI is InChI=1S/C9H17NO2/c10-7-9(6-8(11)12)4-2-1-3-5-9/h1-7,10H2,(H,11,12)/i2D,4D2,6D2,7D2/hD3. The first-order valence-electron chi connectivity index (χ1n) is 8.56. The summed E-state index contributed by atoms with van der Waals surface area (Å²) in [7, 11) is 0. The fourth-order valence-corrected chi connectivity index (χ4v) is 1.18. The molecular formula is C9H17NO2. The van der Waals surface area contributed by atoms with Crippen LogP contribution in [0.25, 0.3) is 1.43 Å². The molecule has 0 aliphatic heterocycles. The van der Waals surface area contributed by atoms with E-state index in [2.05, 4.69) is 5.11 Å². The van der Waals surface area contributed by atoms with Crippen LogP contribution < -0.4 is 5.72 Å². The third-order valence-electron chi connectivity index (χ3n) is 1.76. The van der Waals surface area contributed by atoms with Gasteiger partial charge < -0.3 is 10.8 Å². The van der Waals surface area contributed by atoms with E-state index in [1.54, 1.807) is 0 Å². The van der Waals surface area contributed by atoms with Gasteiger partial charge >= 0.3 is 5.97 Å². The Bertz CT molecular complexity index is 432. The quantitative estimate of drug-likeness (QED) is 0.688. The van der Waals surface area contributed by atoms with E-state index >= 15 is 0 Å². The highest BCUT2D eigenvalue weighted by Crippen LogP contribution is 2.38. The van der Waals surface area contributed by atoms with Gasteiger partial charge in [0.15, 0.2) is 0 Å². The molecule has 1 aliphatic rings. The topological polar surface area (TPSA) is 63.3 Å². The van der Waals surface area contributed by atoms with E-state index in [1.165, 1.54) is 0 Å². The van der Waals surface area contributed by atoms with E-state index in [-0.39, 0.29) is 12.8 Å². The lowest BCUT2D eigenvalue weighted by molar-refractivity contribution is -0.140. The lowest BCUT2D eigenvalue weighted by Crippen LogP contribution is -2.34. The molecule has 2 unspecified atom stereocenters. The number of rotatable bonds is 4. The van der Waals surface area contributed by atoms with Crippen molar-refractivity contribution >= 4 is 5.97 Å². The molecule has 0 heterocycles. The molecule has 0 bridgehead atoms. The highest BCUT2D eigenvalue weighted by Gasteiger charge is 2.32. The van der Waals surface area contributed by atoms with Gasteiger partial charge in [-0.25, -0.2) is 0 Å². The fraction of sp³-hybridized carbons (Fsp3) is 0.889. The maximum absolute atomic E-state index is 11.7. The molecule has 1 rings (SSSR count). The average molecular weight is 181 g/mol. The van der Waals surface area contributed by atoms with Crippen molar-refractivity contribution in [2.75, 3.05) is 6.50 Å². The third kappa shape index (κ3) is 2.21. The molecule has 3 N–H and O–H groups in total. The monoisotopic (exact) mass is 181 g/mol. The molecule has 12 heavy (non-hydrogen) atoms. The SMILES string of the molecule is [2H]OC(=O)C([2H])([2H])C1(C([2H])([2H])N([2H])[2H])CCCC([2H])C1([2H])[2H]. The predicted molar refractivity (Wildman–Crippen MR) is 46.8 cm³/mol. The Balaban J connectivity index is 3.70. The zero-order chi connectivity index (χ0) is 17.6. The summed E-state index contributed by atoms with van der Waals surface area (Å²) in [4.78, 5) is 11.7. The molecule has 0 spiro atoms. The molecule has 0 amide bonds. The van der Waals surface area contributed by atoms with Crippen LogP contribution in [0, 0.1) is 5.41 Å². The highest BCUT2D eigenvalue weighted by molar-refractivity contribution is 5.67. The molecule has 0 aromatic rings. The van der Waals surface area contributed by atoms with E-state index in [9.17, 15) is 4.79 Å². The Labute approximate surface area is 87.2 Å². The molecule has 1 saturated carbocycles. The molecule has 0 radical (unpaired) electrons. The van der Waals surface area contributed by atoms with Crippen LogP contribution in [0.15, 0.2) is 0 Å². The summed E-state index contributed by atoms with van der Waals surface area (Å²) in [5, 5.41) is 3.60. The van der Waals surface area contributed by atoms with Gasteiger partial charge in [-0.3, -0.25) is 4.79 Å². The number of carboxylic acids is 1. The number of aliphatic carboxylic acids is 1. The van der Waals surface area contributed by atoms with Gasteiger partial charge in [0.25, 0.3) is 1.43 Å². The Hall–Kier alpha value is -0.570. The highest BCUT2D eigenvalue weighted by atomic mass is 16.4. The second-order valence-electron chi connectivity index (χ2n) is 2.67. The summed E-state index contributed by atoms with van der Waals surface area (Å²) >= 11 is 0. The van der Waals surface area contributed by atoms with Gasteiger partial charge in [0.2, 0.25) is 0 Å². The second-order valence-corrected chi connectivity index (χ2v) is 2.67. The van der Waals surface area contributed by atoms with Gasteiger partial charge in [0.1, 0.15) is 2.82 Å². The molecule has 70 valence electrons. The Morgan fingerprint density at radius 1 is 1.92 bits per heavy atom. The number of carboxylic acid groups (broad SMARTS) is 1. The van der Waals surface area contributed by atoms with E-state index in [4.69, 9.17) is 13.9 Å². The largest absolute Gasteiger partial charge is 0.481 e. The number of nitrogens with two attached hydrogens (primary N) is 1. The summed E-state index contributed by atoms with van der Waals surface area (Å²) in [5.74, 6) is -1.82. The van der Waals surface area contributed by atoms with Gasteiger partial charge in [-0.1, -0.05) is 19.2 Å². The lowest BCUT2D eigenvalue weighted by Gasteiger charge is -2.34. The minimum atomic E-state index is -3.35. The normalized spacial score (nSPS) is 54.9. The Morgan fingerprint density at radius 3 is 3.58 bits per heavy atom. The van der Waals surface area contributed by atoms with Crippen LogP contribution in [0.4, 0.5) is 0 Å². The number of hydrogen-bond acceptors (Lipinski definition) is 3. The first-order chi connectivity index (χ1) is 9.80. The van der Waals surface area contributed by atoms with Crippen LogP contribution in [0.2, 0.25) is 2.82 Å². The average Bonchev–Trinajstić information content (AvgIpc) is 2.39. The maximum atomic E-state index is 11.7. The molecule has 0 aromatic heterocycles. The van der Waals surface area contributed by atoms with Crippen molar-refractivity contribution in [3.63, 3.8) is 0 Å². The Morgan fingerprint density at radius 2 is 2.83 bits per heavy atom. The molecule has 0 aromatic carbocycles. The molecule has 3 nitrogen and oxygen atoms in total. The van der Waals surface area contributed by atoms with Gasteiger partial charge in [-0.05, 0) is 24.7 Å². The van der Waals surface area contributed by atoms with E-state index in [0.717, 1.165) is 0 Å². The first kappa shape index (κ1) is 2.71. The zero-order valence-corrected chi connectivity index (χ0v) is 6.46.